The molecule has 14 heavy (non-hydrogen) atoms. The topological polar surface area (TPSA) is 0 Å². The minimum Gasteiger partial charge on any atom is -0.250 e. The molecular weight excluding hydrogens is 175 g/mol. The van der Waals surface area contributed by atoms with Crippen molar-refractivity contribution >= 4 is 0 Å². The molecule has 1 atom stereocenters. The first-order valence-corrected chi connectivity index (χ1v) is 5.42. The van der Waals surface area contributed by atoms with Gasteiger partial charge >= 0.3 is 0 Å². The van der Waals surface area contributed by atoms with Crippen LogP contribution in [-0.2, 0) is 6.42 Å². The van der Waals surface area contributed by atoms with Gasteiger partial charge in [-0.2, -0.15) is 0 Å². The summed E-state index contributed by atoms with van der Waals surface area (Å²) >= 11 is 0. The highest BCUT2D eigenvalue weighted by molar-refractivity contribution is 5.26. The molecule has 0 amide bonds. The molecule has 0 saturated heterocycles. The van der Waals surface area contributed by atoms with Crippen molar-refractivity contribution < 1.29 is 4.39 Å². The van der Waals surface area contributed by atoms with Gasteiger partial charge in [0.15, 0.2) is 0 Å². The van der Waals surface area contributed by atoms with E-state index in [0.717, 1.165) is 12.0 Å². The summed E-state index contributed by atoms with van der Waals surface area (Å²) in [4.78, 5) is 0. The Balaban J connectivity index is 2.68. The summed E-state index contributed by atoms with van der Waals surface area (Å²) in [6.07, 6.45) is 3.54. The van der Waals surface area contributed by atoms with Gasteiger partial charge in [-0.15, -0.1) is 0 Å². The minimum atomic E-state index is -0.267. The molecule has 0 aliphatic carbocycles. The summed E-state index contributed by atoms with van der Waals surface area (Å²) in [5, 5.41) is 0. The monoisotopic (exact) mass is 194 g/mol. The standard InChI is InChI=1S/C13H19F/c1-3-4-6-12-7-5-8-13(9-12)11(2)10-14/h5,7-9,11H,3-4,6,10H2,1-2H3. The van der Waals surface area contributed by atoms with Gasteiger partial charge in [0, 0.05) is 5.92 Å². The second kappa shape index (κ2) is 5.79. The predicted molar refractivity (Wildman–Crippen MR) is 59.4 cm³/mol. The van der Waals surface area contributed by atoms with Gasteiger partial charge in [0.25, 0.3) is 0 Å². The zero-order chi connectivity index (χ0) is 10.4. The molecular formula is C13H19F. The van der Waals surface area contributed by atoms with Crippen molar-refractivity contribution in [2.75, 3.05) is 6.67 Å². The summed E-state index contributed by atoms with van der Waals surface area (Å²) in [5.41, 5.74) is 2.46. The Morgan fingerprint density at radius 3 is 2.79 bits per heavy atom. The van der Waals surface area contributed by atoms with Gasteiger partial charge in [-0.05, 0) is 24.0 Å². The van der Waals surface area contributed by atoms with E-state index < -0.39 is 0 Å². The van der Waals surface area contributed by atoms with Crippen LogP contribution in [0.4, 0.5) is 4.39 Å². The maximum absolute atomic E-state index is 12.5. The fourth-order valence-electron chi connectivity index (χ4n) is 1.53. The lowest BCUT2D eigenvalue weighted by molar-refractivity contribution is 0.447. The Kier molecular flexibility index (Phi) is 4.64. The number of rotatable bonds is 5. The van der Waals surface area contributed by atoms with E-state index >= 15 is 0 Å². The molecule has 0 aliphatic rings. The van der Waals surface area contributed by atoms with E-state index in [2.05, 4.69) is 19.1 Å². The third-order valence-corrected chi connectivity index (χ3v) is 2.57. The summed E-state index contributed by atoms with van der Waals surface area (Å²) in [6, 6.07) is 8.32. The normalized spacial score (nSPS) is 12.8. The van der Waals surface area contributed by atoms with E-state index in [9.17, 15) is 4.39 Å². The molecule has 0 nitrogen and oxygen atoms in total. The highest BCUT2D eigenvalue weighted by Gasteiger charge is 2.04. The zero-order valence-corrected chi connectivity index (χ0v) is 9.09. The van der Waals surface area contributed by atoms with E-state index in [0.29, 0.717) is 0 Å². The van der Waals surface area contributed by atoms with Crippen molar-refractivity contribution in [1.29, 1.82) is 0 Å². The van der Waals surface area contributed by atoms with Crippen molar-refractivity contribution in [3.63, 3.8) is 0 Å². The highest BCUT2D eigenvalue weighted by Crippen LogP contribution is 2.17. The van der Waals surface area contributed by atoms with Crippen LogP contribution in [0.15, 0.2) is 24.3 Å². The summed E-state index contributed by atoms with van der Waals surface area (Å²) in [7, 11) is 0. The first-order chi connectivity index (χ1) is 6.77. The molecule has 1 rings (SSSR count). The van der Waals surface area contributed by atoms with Crippen molar-refractivity contribution in [3.8, 4) is 0 Å². The van der Waals surface area contributed by atoms with Crippen molar-refractivity contribution in [1.82, 2.24) is 0 Å². The van der Waals surface area contributed by atoms with Gasteiger partial charge in [-0.25, -0.2) is 0 Å². The second-order valence-electron chi connectivity index (χ2n) is 3.90. The molecule has 78 valence electrons. The smallest absolute Gasteiger partial charge is 0.0960 e. The maximum atomic E-state index is 12.5. The van der Waals surface area contributed by atoms with Gasteiger partial charge < -0.3 is 0 Å². The van der Waals surface area contributed by atoms with Crippen LogP contribution in [-0.4, -0.2) is 6.67 Å². The molecule has 1 aromatic carbocycles. The molecule has 1 heteroatoms. The molecule has 0 spiro atoms. The average molecular weight is 194 g/mol. The zero-order valence-electron chi connectivity index (χ0n) is 9.09. The van der Waals surface area contributed by atoms with Gasteiger partial charge in [0.05, 0.1) is 6.67 Å². The van der Waals surface area contributed by atoms with Gasteiger partial charge in [0.1, 0.15) is 0 Å². The largest absolute Gasteiger partial charge is 0.250 e. The summed E-state index contributed by atoms with van der Waals surface area (Å²) in [6.45, 7) is 3.85. The van der Waals surface area contributed by atoms with Crippen LogP contribution in [0.2, 0.25) is 0 Å². The molecule has 0 aliphatic heterocycles. The molecule has 0 N–H and O–H groups in total. The van der Waals surface area contributed by atoms with Crippen LogP contribution in [0, 0.1) is 0 Å². The van der Waals surface area contributed by atoms with Crippen LogP contribution in [0.5, 0.6) is 0 Å². The maximum Gasteiger partial charge on any atom is 0.0960 e. The number of benzene rings is 1. The molecule has 0 aromatic heterocycles. The third-order valence-electron chi connectivity index (χ3n) is 2.57. The van der Waals surface area contributed by atoms with E-state index in [-0.39, 0.29) is 12.6 Å². The average Bonchev–Trinajstić information content (AvgIpc) is 2.25. The molecule has 0 heterocycles. The van der Waals surface area contributed by atoms with Crippen LogP contribution >= 0.6 is 0 Å². The predicted octanol–water partition coefficient (Wildman–Crippen LogP) is 4.10. The molecule has 0 fully saturated rings. The molecule has 0 radical (unpaired) electrons. The molecule has 1 aromatic rings. The number of unbranched alkanes of at least 4 members (excludes halogenated alkanes) is 1. The Morgan fingerprint density at radius 2 is 2.14 bits per heavy atom. The number of halogens is 1. The fourth-order valence-corrected chi connectivity index (χ4v) is 1.53. The van der Waals surface area contributed by atoms with Crippen LogP contribution < -0.4 is 0 Å². The fraction of sp³-hybridized carbons (Fsp3) is 0.538. The van der Waals surface area contributed by atoms with Crippen molar-refractivity contribution in [2.45, 2.75) is 39.0 Å². The molecule has 0 saturated carbocycles. The lowest BCUT2D eigenvalue weighted by atomic mass is 9.98. The van der Waals surface area contributed by atoms with E-state index in [1.165, 1.54) is 18.4 Å². The SMILES string of the molecule is CCCCc1cccc(C(C)CF)c1. The Hall–Kier alpha value is -0.850. The number of aryl methyl sites for hydroxylation is 1. The van der Waals surface area contributed by atoms with Crippen molar-refractivity contribution in [3.05, 3.63) is 35.4 Å². The second-order valence-corrected chi connectivity index (χ2v) is 3.90. The van der Waals surface area contributed by atoms with E-state index in [1.54, 1.807) is 0 Å². The Bertz CT molecular complexity index is 268. The van der Waals surface area contributed by atoms with Crippen molar-refractivity contribution in [2.24, 2.45) is 0 Å². The third kappa shape index (κ3) is 3.13. The van der Waals surface area contributed by atoms with Crippen LogP contribution in [0.3, 0.4) is 0 Å². The first-order valence-electron chi connectivity index (χ1n) is 5.42. The molecule has 0 bridgehead atoms. The Morgan fingerprint density at radius 1 is 1.36 bits per heavy atom. The lowest BCUT2D eigenvalue weighted by Crippen LogP contribution is -1.96. The number of hydrogen-bond acceptors (Lipinski definition) is 0. The first kappa shape index (κ1) is 11.2. The van der Waals surface area contributed by atoms with Crippen LogP contribution in [0.1, 0.15) is 43.7 Å². The highest BCUT2D eigenvalue weighted by atomic mass is 19.1. The quantitative estimate of drug-likeness (QED) is 0.662. The van der Waals surface area contributed by atoms with E-state index in [1.807, 2.05) is 19.1 Å². The van der Waals surface area contributed by atoms with Crippen LogP contribution in [0.25, 0.3) is 0 Å². The van der Waals surface area contributed by atoms with Gasteiger partial charge in [-0.3, -0.25) is 4.39 Å². The summed E-state index contributed by atoms with van der Waals surface area (Å²) in [5.74, 6) is 0.0385. The van der Waals surface area contributed by atoms with E-state index in [4.69, 9.17) is 0 Å². The number of hydrogen-bond donors (Lipinski definition) is 0. The minimum absolute atomic E-state index is 0.0385. The lowest BCUT2D eigenvalue weighted by Gasteiger charge is -2.08. The van der Waals surface area contributed by atoms with Gasteiger partial charge in [0.2, 0.25) is 0 Å². The van der Waals surface area contributed by atoms with Gasteiger partial charge in [-0.1, -0.05) is 44.5 Å². The Labute approximate surface area is 86.2 Å². The molecule has 1 unspecified atom stereocenters. The number of alkyl halides is 1. The summed E-state index contributed by atoms with van der Waals surface area (Å²) < 4.78 is 12.5.